The minimum absolute atomic E-state index is 0.147. The Bertz CT molecular complexity index is 624. The van der Waals surface area contributed by atoms with Gasteiger partial charge in [-0.25, -0.2) is 4.39 Å². The van der Waals surface area contributed by atoms with Crippen LogP contribution >= 0.6 is 11.3 Å². The molecule has 7 heteroatoms. The van der Waals surface area contributed by atoms with Gasteiger partial charge in [0.2, 0.25) is 5.01 Å². The number of nitrogens with one attached hydrogen (secondary N) is 2. The average molecular weight is 292 g/mol. The highest BCUT2D eigenvalue weighted by Gasteiger charge is 2.22. The number of nitrogens with zero attached hydrogens (tertiary/aromatic N) is 2. The molecule has 1 aliphatic heterocycles. The van der Waals surface area contributed by atoms with Gasteiger partial charge < -0.3 is 10.6 Å². The van der Waals surface area contributed by atoms with Gasteiger partial charge in [0.25, 0.3) is 5.91 Å². The molecule has 0 aliphatic carbocycles. The molecule has 104 valence electrons. The molecule has 1 aromatic heterocycles. The van der Waals surface area contributed by atoms with Crippen LogP contribution in [0.4, 0.5) is 10.1 Å². The van der Waals surface area contributed by atoms with Crippen LogP contribution in [-0.2, 0) is 0 Å². The largest absolute Gasteiger partial charge is 0.317 e. The summed E-state index contributed by atoms with van der Waals surface area (Å²) in [6.07, 6.45) is 2.10. The van der Waals surface area contributed by atoms with Crippen molar-refractivity contribution >= 4 is 22.9 Å². The molecule has 0 bridgehead atoms. The number of carbonyl (C=O) groups is 1. The SMILES string of the molecule is O=C(Nc1ccccc1F)c1nnc(C2CCCN2)s1. The normalized spacial score (nSPS) is 18.1. The molecule has 2 heterocycles. The van der Waals surface area contributed by atoms with Gasteiger partial charge in [-0.15, -0.1) is 10.2 Å². The lowest BCUT2D eigenvalue weighted by molar-refractivity contribution is 0.102. The van der Waals surface area contributed by atoms with E-state index in [1.807, 2.05) is 0 Å². The van der Waals surface area contributed by atoms with Crippen molar-refractivity contribution in [2.45, 2.75) is 18.9 Å². The van der Waals surface area contributed by atoms with Crippen molar-refractivity contribution in [2.24, 2.45) is 0 Å². The van der Waals surface area contributed by atoms with Gasteiger partial charge in [-0.1, -0.05) is 23.5 Å². The second-order valence-electron chi connectivity index (χ2n) is 4.53. The lowest BCUT2D eigenvalue weighted by atomic mass is 10.2. The van der Waals surface area contributed by atoms with Crippen LogP contribution in [0.1, 0.15) is 33.7 Å². The predicted molar refractivity (Wildman–Crippen MR) is 74.2 cm³/mol. The Balaban J connectivity index is 1.73. The second kappa shape index (κ2) is 5.64. The standard InChI is InChI=1S/C13H13FN4OS/c14-8-4-1-2-5-9(8)16-11(19)13-18-17-12(20-13)10-6-3-7-15-10/h1-2,4-5,10,15H,3,6-7H2,(H,16,19). The molecule has 0 saturated carbocycles. The van der Waals surface area contributed by atoms with E-state index in [0.717, 1.165) is 24.4 Å². The van der Waals surface area contributed by atoms with Gasteiger partial charge in [0, 0.05) is 0 Å². The first-order chi connectivity index (χ1) is 9.74. The highest BCUT2D eigenvalue weighted by Crippen LogP contribution is 2.26. The Morgan fingerprint density at radius 3 is 3.00 bits per heavy atom. The first-order valence-electron chi connectivity index (χ1n) is 6.37. The quantitative estimate of drug-likeness (QED) is 0.911. The number of halogens is 1. The molecule has 1 unspecified atom stereocenters. The second-order valence-corrected chi connectivity index (χ2v) is 5.54. The van der Waals surface area contributed by atoms with Crippen molar-refractivity contribution < 1.29 is 9.18 Å². The Morgan fingerprint density at radius 2 is 2.25 bits per heavy atom. The van der Waals surface area contributed by atoms with E-state index in [4.69, 9.17) is 0 Å². The molecule has 1 saturated heterocycles. The summed E-state index contributed by atoms with van der Waals surface area (Å²) in [7, 11) is 0. The van der Waals surface area contributed by atoms with Crippen molar-refractivity contribution in [3.8, 4) is 0 Å². The van der Waals surface area contributed by atoms with Crippen molar-refractivity contribution in [3.05, 3.63) is 40.1 Å². The summed E-state index contributed by atoms with van der Waals surface area (Å²) >= 11 is 1.24. The van der Waals surface area contributed by atoms with E-state index in [2.05, 4.69) is 20.8 Å². The van der Waals surface area contributed by atoms with Gasteiger partial charge >= 0.3 is 0 Å². The monoisotopic (exact) mass is 292 g/mol. The minimum atomic E-state index is -0.469. The summed E-state index contributed by atoms with van der Waals surface area (Å²) in [6.45, 7) is 0.959. The predicted octanol–water partition coefficient (Wildman–Crippen LogP) is 2.35. The maximum Gasteiger partial charge on any atom is 0.286 e. The molecule has 1 fully saturated rings. The topological polar surface area (TPSA) is 66.9 Å². The minimum Gasteiger partial charge on any atom is -0.317 e. The third kappa shape index (κ3) is 2.68. The molecule has 0 radical (unpaired) electrons. The Kier molecular flexibility index (Phi) is 3.70. The van der Waals surface area contributed by atoms with Crippen LogP contribution < -0.4 is 10.6 Å². The summed E-state index contributed by atoms with van der Waals surface area (Å²) in [5, 5.41) is 14.8. The summed E-state index contributed by atoms with van der Waals surface area (Å²) in [4.78, 5) is 12.0. The number of para-hydroxylation sites is 1. The van der Waals surface area contributed by atoms with Gasteiger partial charge in [0.15, 0.2) is 0 Å². The third-order valence-corrected chi connectivity index (χ3v) is 4.15. The number of aromatic nitrogens is 2. The highest BCUT2D eigenvalue weighted by atomic mass is 32.1. The number of anilines is 1. The van der Waals surface area contributed by atoms with Crippen molar-refractivity contribution in [1.29, 1.82) is 0 Å². The van der Waals surface area contributed by atoms with Crippen LogP contribution in [0.25, 0.3) is 0 Å². The fraction of sp³-hybridized carbons (Fsp3) is 0.308. The molecule has 3 rings (SSSR count). The van der Waals surface area contributed by atoms with E-state index in [1.165, 1.54) is 23.5 Å². The number of amides is 1. The average Bonchev–Trinajstić information content (AvgIpc) is 3.11. The highest BCUT2D eigenvalue weighted by molar-refractivity contribution is 7.13. The van der Waals surface area contributed by atoms with Crippen LogP contribution in [0.2, 0.25) is 0 Å². The fourth-order valence-corrected chi connectivity index (χ4v) is 2.95. The van der Waals surface area contributed by atoms with Crippen LogP contribution in [0.5, 0.6) is 0 Å². The van der Waals surface area contributed by atoms with Gasteiger partial charge in [-0.2, -0.15) is 0 Å². The number of carbonyl (C=O) groups excluding carboxylic acids is 1. The zero-order valence-corrected chi connectivity index (χ0v) is 11.4. The van der Waals surface area contributed by atoms with Gasteiger partial charge in [-0.05, 0) is 31.5 Å². The third-order valence-electron chi connectivity index (χ3n) is 3.12. The number of rotatable bonds is 3. The Labute approximate surface area is 119 Å². The van der Waals surface area contributed by atoms with Gasteiger partial charge in [0.05, 0.1) is 11.7 Å². The van der Waals surface area contributed by atoms with Crippen LogP contribution in [0, 0.1) is 5.82 Å². The first-order valence-corrected chi connectivity index (χ1v) is 7.18. The van der Waals surface area contributed by atoms with Crippen LogP contribution in [0.3, 0.4) is 0 Å². The molecule has 2 N–H and O–H groups in total. The molecule has 1 aromatic carbocycles. The van der Waals surface area contributed by atoms with E-state index in [0.29, 0.717) is 0 Å². The molecule has 0 spiro atoms. The van der Waals surface area contributed by atoms with E-state index in [9.17, 15) is 9.18 Å². The van der Waals surface area contributed by atoms with Crippen LogP contribution in [-0.4, -0.2) is 22.6 Å². The first kappa shape index (κ1) is 13.1. The molecule has 5 nitrogen and oxygen atoms in total. The van der Waals surface area contributed by atoms with Gasteiger partial charge in [-0.3, -0.25) is 4.79 Å². The maximum absolute atomic E-state index is 13.5. The fourth-order valence-electron chi connectivity index (χ4n) is 2.10. The van der Waals surface area contributed by atoms with Crippen molar-refractivity contribution in [1.82, 2.24) is 15.5 Å². The molecule has 2 aromatic rings. The van der Waals surface area contributed by atoms with Gasteiger partial charge in [0.1, 0.15) is 10.8 Å². The zero-order valence-electron chi connectivity index (χ0n) is 10.6. The summed E-state index contributed by atoms with van der Waals surface area (Å²) in [5.41, 5.74) is 0.147. The smallest absolute Gasteiger partial charge is 0.286 e. The van der Waals surface area contributed by atoms with E-state index in [1.54, 1.807) is 12.1 Å². The van der Waals surface area contributed by atoms with Crippen LogP contribution in [0.15, 0.2) is 24.3 Å². The summed E-state index contributed by atoms with van der Waals surface area (Å²) < 4.78 is 13.5. The van der Waals surface area contributed by atoms with Crippen molar-refractivity contribution in [3.63, 3.8) is 0 Å². The molecule has 20 heavy (non-hydrogen) atoms. The Morgan fingerprint density at radius 1 is 1.40 bits per heavy atom. The van der Waals surface area contributed by atoms with E-state index >= 15 is 0 Å². The molecule has 1 amide bonds. The number of hydrogen-bond acceptors (Lipinski definition) is 5. The zero-order chi connectivity index (χ0) is 13.9. The lowest BCUT2D eigenvalue weighted by Crippen LogP contribution is -2.12. The molecule has 1 atom stereocenters. The Hall–Kier alpha value is -1.86. The summed E-state index contributed by atoms with van der Waals surface area (Å²) in [6, 6.07) is 6.21. The molecular formula is C13H13FN4OS. The lowest BCUT2D eigenvalue weighted by Gasteiger charge is -2.04. The van der Waals surface area contributed by atoms with Crippen molar-refractivity contribution in [2.75, 3.05) is 11.9 Å². The molecule has 1 aliphatic rings. The maximum atomic E-state index is 13.5. The summed E-state index contributed by atoms with van der Waals surface area (Å²) in [5.74, 6) is -0.903. The molecular weight excluding hydrogens is 279 g/mol. The number of benzene rings is 1. The number of hydrogen-bond donors (Lipinski definition) is 2. The van der Waals surface area contributed by atoms with E-state index in [-0.39, 0.29) is 16.7 Å². The van der Waals surface area contributed by atoms with E-state index < -0.39 is 11.7 Å².